The van der Waals surface area contributed by atoms with Gasteiger partial charge in [-0.05, 0) is 31.0 Å². The summed E-state index contributed by atoms with van der Waals surface area (Å²) in [6.45, 7) is 0.970. The number of aromatic nitrogens is 1. The van der Waals surface area contributed by atoms with Crippen molar-refractivity contribution in [3.8, 4) is 6.07 Å². The SMILES string of the molecule is N#Cc1cc(Br)cc2cc3n(c12)NCCC3. The third kappa shape index (κ3) is 1.32. The summed E-state index contributed by atoms with van der Waals surface area (Å²) in [5.74, 6) is 0. The molecule has 1 N–H and O–H groups in total. The lowest BCUT2D eigenvalue weighted by atomic mass is 10.1. The molecule has 4 heteroatoms. The average molecular weight is 276 g/mol. The predicted octanol–water partition coefficient (Wildman–Crippen LogP) is 2.77. The molecule has 0 saturated carbocycles. The number of rotatable bonds is 0. The number of aryl methyl sites for hydroxylation is 1. The number of nitrogens with one attached hydrogen (secondary N) is 1. The molecule has 0 aliphatic carbocycles. The van der Waals surface area contributed by atoms with E-state index in [1.165, 1.54) is 5.69 Å². The van der Waals surface area contributed by atoms with Crippen LogP contribution in [0.5, 0.6) is 0 Å². The Morgan fingerprint density at radius 2 is 2.25 bits per heavy atom. The smallest absolute Gasteiger partial charge is 0.101 e. The number of benzene rings is 1. The van der Waals surface area contributed by atoms with E-state index in [0.717, 1.165) is 34.8 Å². The van der Waals surface area contributed by atoms with Crippen molar-refractivity contribution in [1.82, 2.24) is 4.68 Å². The molecule has 0 bridgehead atoms. The maximum Gasteiger partial charge on any atom is 0.101 e. The number of nitriles is 1. The van der Waals surface area contributed by atoms with Crippen molar-refractivity contribution in [2.75, 3.05) is 12.0 Å². The van der Waals surface area contributed by atoms with Gasteiger partial charge in [-0.25, -0.2) is 0 Å². The number of fused-ring (bicyclic) bond motifs is 3. The van der Waals surface area contributed by atoms with Gasteiger partial charge in [-0.2, -0.15) is 5.26 Å². The van der Waals surface area contributed by atoms with Gasteiger partial charge >= 0.3 is 0 Å². The van der Waals surface area contributed by atoms with Crippen LogP contribution < -0.4 is 5.43 Å². The first-order valence-corrected chi connectivity index (χ1v) is 6.07. The monoisotopic (exact) mass is 275 g/mol. The Hall–Kier alpha value is -1.47. The third-order valence-electron chi connectivity index (χ3n) is 2.94. The molecule has 0 fully saturated rings. The third-order valence-corrected chi connectivity index (χ3v) is 3.40. The Morgan fingerprint density at radius 1 is 1.38 bits per heavy atom. The molecule has 3 rings (SSSR count). The highest BCUT2D eigenvalue weighted by Crippen LogP contribution is 2.28. The van der Waals surface area contributed by atoms with Crippen LogP contribution in [0.4, 0.5) is 0 Å². The van der Waals surface area contributed by atoms with Crippen molar-refractivity contribution in [2.45, 2.75) is 12.8 Å². The van der Waals surface area contributed by atoms with Gasteiger partial charge in [0.15, 0.2) is 0 Å². The molecule has 0 saturated heterocycles. The summed E-state index contributed by atoms with van der Waals surface area (Å²) >= 11 is 3.44. The molecule has 0 atom stereocenters. The second-order valence-corrected chi connectivity index (χ2v) is 4.90. The predicted molar refractivity (Wildman–Crippen MR) is 66.9 cm³/mol. The summed E-state index contributed by atoms with van der Waals surface area (Å²) in [5, 5.41) is 10.3. The van der Waals surface area contributed by atoms with Crippen LogP contribution in [0, 0.1) is 11.3 Å². The number of halogens is 1. The second kappa shape index (κ2) is 3.53. The number of hydrogen-bond acceptors (Lipinski definition) is 2. The lowest BCUT2D eigenvalue weighted by molar-refractivity contribution is 0.678. The molecule has 2 heterocycles. The van der Waals surface area contributed by atoms with Crippen LogP contribution >= 0.6 is 15.9 Å². The van der Waals surface area contributed by atoms with Crippen molar-refractivity contribution < 1.29 is 0 Å². The standard InChI is InChI=1S/C12H10BrN3/c13-10-4-8-6-11-2-1-3-15-16(11)12(8)9(5-10)7-14/h4-6,15H,1-3H2. The van der Waals surface area contributed by atoms with Gasteiger partial charge in [0, 0.05) is 22.1 Å². The van der Waals surface area contributed by atoms with Crippen molar-refractivity contribution in [1.29, 1.82) is 5.26 Å². The van der Waals surface area contributed by atoms with Gasteiger partial charge in [0.2, 0.25) is 0 Å². The zero-order chi connectivity index (χ0) is 11.1. The lowest BCUT2D eigenvalue weighted by Crippen LogP contribution is -2.24. The highest BCUT2D eigenvalue weighted by Gasteiger charge is 2.15. The van der Waals surface area contributed by atoms with Crippen LogP contribution in [-0.2, 0) is 6.42 Å². The van der Waals surface area contributed by atoms with Crippen LogP contribution in [0.15, 0.2) is 22.7 Å². The second-order valence-electron chi connectivity index (χ2n) is 3.99. The van der Waals surface area contributed by atoms with Crippen molar-refractivity contribution in [3.63, 3.8) is 0 Å². The van der Waals surface area contributed by atoms with E-state index in [9.17, 15) is 0 Å². The fraction of sp³-hybridized carbons (Fsp3) is 0.250. The molecule has 3 nitrogen and oxygen atoms in total. The Bertz CT molecular complexity index is 607. The summed E-state index contributed by atoms with van der Waals surface area (Å²) in [5.41, 5.74) is 6.30. The van der Waals surface area contributed by atoms with Crippen molar-refractivity contribution in [3.05, 3.63) is 33.9 Å². The average Bonchev–Trinajstić information content (AvgIpc) is 2.65. The molecule has 1 aromatic heterocycles. The molecule has 1 aliphatic heterocycles. The summed E-state index contributed by atoms with van der Waals surface area (Å²) in [6, 6.07) is 8.34. The number of nitrogens with zero attached hydrogens (tertiary/aromatic N) is 2. The van der Waals surface area contributed by atoms with Gasteiger partial charge in [0.25, 0.3) is 0 Å². The van der Waals surface area contributed by atoms with Crippen LogP contribution in [0.3, 0.4) is 0 Å². The lowest BCUT2D eigenvalue weighted by Gasteiger charge is -2.18. The van der Waals surface area contributed by atoms with Gasteiger partial charge in [-0.3, -0.25) is 4.68 Å². The summed E-state index contributed by atoms with van der Waals surface area (Å²) in [7, 11) is 0. The Morgan fingerprint density at radius 3 is 3.06 bits per heavy atom. The van der Waals surface area contributed by atoms with Crippen molar-refractivity contribution >= 4 is 26.8 Å². The summed E-state index contributed by atoms with van der Waals surface area (Å²) < 4.78 is 3.02. The molecule has 1 aliphatic rings. The highest BCUT2D eigenvalue weighted by atomic mass is 79.9. The van der Waals surface area contributed by atoms with Crippen LogP contribution in [0.1, 0.15) is 17.7 Å². The molecule has 0 unspecified atom stereocenters. The molecule has 0 spiro atoms. The molecule has 0 amide bonds. The van der Waals surface area contributed by atoms with E-state index in [2.05, 4.69) is 44.2 Å². The van der Waals surface area contributed by atoms with E-state index in [-0.39, 0.29) is 0 Å². The molecular formula is C12H10BrN3. The van der Waals surface area contributed by atoms with E-state index >= 15 is 0 Å². The first-order valence-electron chi connectivity index (χ1n) is 5.27. The van der Waals surface area contributed by atoms with E-state index in [1.807, 2.05) is 6.07 Å². The van der Waals surface area contributed by atoms with E-state index in [0.29, 0.717) is 5.56 Å². The molecule has 16 heavy (non-hydrogen) atoms. The molecule has 2 aromatic rings. The zero-order valence-corrected chi connectivity index (χ0v) is 10.2. The van der Waals surface area contributed by atoms with Gasteiger partial charge in [-0.15, -0.1) is 0 Å². The van der Waals surface area contributed by atoms with E-state index < -0.39 is 0 Å². The fourth-order valence-electron chi connectivity index (χ4n) is 2.28. The van der Waals surface area contributed by atoms with Crippen LogP contribution in [0.25, 0.3) is 10.9 Å². The highest BCUT2D eigenvalue weighted by molar-refractivity contribution is 9.10. The maximum absolute atomic E-state index is 9.17. The van der Waals surface area contributed by atoms with E-state index in [4.69, 9.17) is 5.26 Å². The zero-order valence-electron chi connectivity index (χ0n) is 8.63. The van der Waals surface area contributed by atoms with Crippen LogP contribution in [-0.4, -0.2) is 11.2 Å². The first-order chi connectivity index (χ1) is 7.79. The fourth-order valence-corrected chi connectivity index (χ4v) is 2.75. The minimum atomic E-state index is 0.713. The molecule has 1 aromatic carbocycles. The van der Waals surface area contributed by atoms with Gasteiger partial charge in [0.05, 0.1) is 11.1 Å². The van der Waals surface area contributed by atoms with Gasteiger partial charge in [0.1, 0.15) is 6.07 Å². The maximum atomic E-state index is 9.17. The molecule has 0 radical (unpaired) electrons. The first kappa shape index (κ1) is 9.73. The molecule has 80 valence electrons. The van der Waals surface area contributed by atoms with Gasteiger partial charge < -0.3 is 5.43 Å². The summed E-state index contributed by atoms with van der Waals surface area (Å²) in [4.78, 5) is 0. The van der Waals surface area contributed by atoms with E-state index in [1.54, 1.807) is 0 Å². The largest absolute Gasteiger partial charge is 0.326 e. The minimum absolute atomic E-state index is 0.713. The minimum Gasteiger partial charge on any atom is -0.326 e. The van der Waals surface area contributed by atoms with Gasteiger partial charge in [-0.1, -0.05) is 15.9 Å². The Labute approximate surface area is 102 Å². The quantitative estimate of drug-likeness (QED) is 0.803. The Balaban J connectivity index is 2.40. The molecular weight excluding hydrogens is 266 g/mol. The van der Waals surface area contributed by atoms with Crippen molar-refractivity contribution in [2.24, 2.45) is 0 Å². The Kier molecular flexibility index (Phi) is 2.15. The number of hydrogen-bond donors (Lipinski definition) is 1. The summed E-state index contributed by atoms with van der Waals surface area (Å²) in [6.07, 6.45) is 2.23. The van der Waals surface area contributed by atoms with Crippen LogP contribution in [0.2, 0.25) is 0 Å². The normalized spacial score (nSPS) is 14.2. The topological polar surface area (TPSA) is 40.8 Å².